The Hall–Kier alpha value is -1.09. The van der Waals surface area contributed by atoms with Crippen molar-refractivity contribution in [3.8, 4) is 0 Å². The average molecular weight is 222 g/mol. The lowest BCUT2D eigenvalue weighted by atomic mass is 10.2. The third-order valence-electron chi connectivity index (χ3n) is 1.91. The lowest BCUT2D eigenvalue weighted by Gasteiger charge is -1.99. The molecule has 0 radical (unpaired) electrons. The lowest BCUT2D eigenvalue weighted by molar-refractivity contribution is -0.111. The summed E-state index contributed by atoms with van der Waals surface area (Å²) in [6, 6.07) is 9.06. The van der Waals surface area contributed by atoms with Crippen molar-refractivity contribution in [2.45, 2.75) is 19.8 Å². The maximum atomic E-state index is 11.6. The van der Waals surface area contributed by atoms with Crippen LogP contribution in [0.1, 0.15) is 30.1 Å². The van der Waals surface area contributed by atoms with Gasteiger partial charge in [-0.25, -0.2) is 0 Å². The Morgan fingerprint density at radius 2 is 1.87 bits per heavy atom. The number of ketones is 1. The number of Topliss-reactive ketones (excluding diaryl/α,β-unsaturated/α-hetero) is 1. The van der Waals surface area contributed by atoms with E-state index in [9.17, 15) is 9.59 Å². The second-order valence-corrected chi connectivity index (χ2v) is 4.23. The summed E-state index contributed by atoms with van der Waals surface area (Å²) < 4.78 is 0. The Morgan fingerprint density at radius 3 is 2.47 bits per heavy atom. The Bertz CT molecular complexity index is 333. The van der Waals surface area contributed by atoms with Gasteiger partial charge in [0.05, 0.1) is 5.75 Å². The number of thioether (sulfide) groups is 1. The van der Waals surface area contributed by atoms with Crippen molar-refractivity contribution in [2.24, 2.45) is 0 Å². The highest BCUT2D eigenvalue weighted by Crippen LogP contribution is 2.10. The van der Waals surface area contributed by atoms with Gasteiger partial charge in [-0.2, -0.15) is 0 Å². The molecule has 1 aromatic rings. The Labute approximate surface area is 94.1 Å². The van der Waals surface area contributed by atoms with E-state index in [2.05, 4.69) is 0 Å². The summed E-state index contributed by atoms with van der Waals surface area (Å²) in [7, 11) is 0. The van der Waals surface area contributed by atoms with Crippen LogP contribution < -0.4 is 0 Å². The Balaban J connectivity index is 2.40. The van der Waals surface area contributed by atoms with Crippen LogP contribution in [0.15, 0.2) is 30.3 Å². The Morgan fingerprint density at radius 1 is 1.20 bits per heavy atom. The molecule has 15 heavy (non-hydrogen) atoms. The second kappa shape index (κ2) is 6.40. The minimum Gasteiger partial charge on any atom is -0.293 e. The zero-order valence-corrected chi connectivity index (χ0v) is 9.55. The van der Waals surface area contributed by atoms with Crippen molar-refractivity contribution in [1.82, 2.24) is 0 Å². The molecule has 0 saturated carbocycles. The summed E-state index contributed by atoms with van der Waals surface area (Å²) in [4.78, 5) is 22.8. The van der Waals surface area contributed by atoms with E-state index >= 15 is 0 Å². The van der Waals surface area contributed by atoms with Gasteiger partial charge in [0.15, 0.2) is 10.9 Å². The first-order valence-corrected chi connectivity index (χ1v) is 5.96. The molecule has 0 spiro atoms. The molecular weight excluding hydrogens is 208 g/mol. The predicted molar refractivity (Wildman–Crippen MR) is 63.1 cm³/mol. The van der Waals surface area contributed by atoms with Crippen molar-refractivity contribution in [3.63, 3.8) is 0 Å². The fourth-order valence-corrected chi connectivity index (χ4v) is 1.94. The summed E-state index contributed by atoms with van der Waals surface area (Å²) in [5.74, 6) is 0.271. The number of carbonyl (C=O) groups is 2. The molecule has 0 fully saturated rings. The van der Waals surface area contributed by atoms with Crippen molar-refractivity contribution < 1.29 is 9.59 Å². The topological polar surface area (TPSA) is 34.1 Å². The largest absolute Gasteiger partial charge is 0.293 e. The van der Waals surface area contributed by atoms with Gasteiger partial charge in [0, 0.05) is 12.0 Å². The smallest absolute Gasteiger partial charge is 0.189 e. The molecule has 0 amide bonds. The molecule has 0 aromatic heterocycles. The first kappa shape index (κ1) is 12.0. The summed E-state index contributed by atoms with van der Waals surface area (Å²) in [6.45, 7) is 1.96. The summed E-state index contributed by atoms with van der Waals surface area (Å²) in [5.41, 5.74) is 0.675. The molecule has 0 aliphatic heterocycles. The van der Waals surface area contributed by atoms with Crippen molar-refractivity contribution in [3.05, 3.63) is 35.9 Å². The lowest BCUT2D eigenvalue weighted by Crippen LogP contribution is -2.04. The van der Waals surface area contributed by atoms with Crippen molar-refractivity contribution in [1.29, 1.82) is 0 Å². The van der Waals surface area contributed by atoms with E-state index in [1.54, 1.807) is 12.1 Å². The highest BCUT2D eigenvalue weighted by molar-refractivity contribution is 8.14. The number of rotatable bonds is 5. The minimum atomic E-state index is 0.0186. The number of carbonyl (C=O) groups excluding carboxylic acids is 2. The predicted octanol–water partition coefficient (Wildman–Crippen LogP) is 2.93. The third kappa shape index (κ3) is 4.30. The second-order valence-electron chi connectivity index (χ2n) is 3.20. The molecule has 3 heteroatoms. The van der Waals surface area contributed by atoms with Gasteiger partial charge in [-0.1, -0.05) is 49.0 Å². The monoisotopic (exact) mass is 222 g/mol. The van der Waals surface area contributed by atoms with E-state index in [1.807, 2.05) is 25.1 Å². The molecule has 1 rings (SSSR count). The molecule has 0 saturated heterocycles. The molecule has 0 aliphatic rings. The Kier molecular flexibility index (Phi) is 5.12. The third-order valence-corrected chi connectivity index (χ3v) is 2.85. The molecule has 2 nitrogen and oxygen atoms in total. The van der Waals surface area contributed by atoms with E-state index in [1.165, 1.54) is 0 Å². The first-order valence-electron chi connectivity index (χ1n) is 4.98. The van der Waals surface area contributed by atoms with E-state index in [0.29, 0.717) is 12.0 Å². The van der Waals surface area contributed by atoms with Gasteiger partial charge in [-0.3, -0.25) is 9.59 Å². The fourth-order valence-electron chi connectivity index (χ4n) is 1.13. The van der Waals surface area contributed by atoms with Crippen LogP contribution in [0.5, 0.6) is 0 Å². The average Bonchev–Trinajstić information content (AvgIpc) is 2.27. The zero-order valence-electron chi connectivity index (χ0n) is 8.73. The van der Waals surface area contributed by atoms with Gasteiger partial charge >= 0.3 is 0 Å². The first-order chi connectivity index (χ1) is 7.24. The van der Waals surface area contributed by atoms with Gasteiger partial charge in [0.2, 0.25) is 0 Å². The molecule has 1 aromatic carbocycles. The molecule has 0 N–H and O–H groups in total. The molecule has 0 unspecified atom stereocenters. The molecular formula is C12H14O2S. The summed E-state index contributed by atoms with van der Waals surface area (Å²) >= 11 is 1.12. The van der Waals surface area contributed by atoms with Crippen LogP contribution >= 0.6 is 11.8 Å². The maximum absolute atomic E-state index is 11.6. The maximum Gasteiger partial charge on any atom is 0.189 e. The van der Waals surface area contributed by atoms with Crippen molar-refractivity contribution >= 4 is 22.7 Å². The van der Waals surface area contributed by atoms with Crippen LogP contribution in [-0.2, 0) is 4.79 Å². The molecule has 0 heterocycles. The normalized spacial score (nSPS) is 9.93. The molecule has 0 aliphatic carbocycles. The van der Waals surface area contributed by atoms with Crippen LogP contribution in [-0.4, -0.2) is 16.7 Å². The van der Waals surface area contributed by atoms with E-state index in [4.69, 9.17) is 0 Å². The molecule has 0 bridgehead atoms. The quantitative estimate of drug-likeness (QED) is 0.718. The van der Waals surface area contributed by atoms with Crippen LogP contribution in [0.4, 0.5) is 0 Å². The van der Waals surface area contributed by atoms with Gasteiger partial charge in [-0.15, -0.1) is 0 Å². The van der Waals surface area contributed by atoms with Crippen LogP contribution in [0, 0.1) is 0 Å². The SMILES string of the molecule is CCCC(=O)SCC(=O)c1ccccc1. The van der Waals surface area contributed by atoms with E-state index in [-0.39, 0.29) is 16.7 Å². The number of hydrogen-bond acceptors (Lipinski definition) is 3. The van der Waals surface area contributed by atoms with E-state index < -0.39 is 0 Å². The van der Waals surface area contributed by atoms with Crippen LogP contribution in [0.2, 0.25) is 0 Å². The highest BCUT2D eigenvalue weighted by atomic mass is 32.2. The van der Waals surface area contributed by atoms with Crippen LogP contribution in [0.3, 0.4) is 0 Å². The molecule has 80 valence electrons. The van der Waals surface area contributed by atoms with Gasteiger partial charge in [-0.05, 0) is 6.42 Å². The van der Waals surface area contributed by atoms with Gasteiger partial charge in [0.1, 0.15) is 0 Å². The number of benzene rings is 1. The van der Waals surface area contributed by atoms with Gasteiger partial charge in [0.25, 0.3) is 0 Å². The summed E-state index contributed by atoms with van der Waals surface area (Å²) in [5, 5.41) is 0.0989. The van der Waals surface area contributed by atoms with Gasteiger partial charge < -0.3 is 0 Å². The fraction of sp³-hybridized carbons (Fsp3) is 0.333. The molecule has 0 atom stereocenters. The van der Waals surface area contributed by atoms with Crippen LogP contribution in [0.25, 0.3) is 0 Å². The van der Waals surface area contributed by atoms with E-state index in [0.717, 1.165) is 18.2 Å². The highest BCUT2D eigenvalue weighted by Gasteiger charge is 2.08. The minimum absolute atomic E-state index is 0.0186. The number of hydrogen-bond donors (Lipinski definition) is 0. The zero-order chi connectivity index (χ0) is 11.1. The van der Waals surface area contributed by atoms with Crippen molar-refractivity contribution in [2.75, 3.05) is 5.75 Å². The summed E-state index contributed by atoms with van der Waals surface area (Å²) in [6.07, 6.45) is 1.39. The standard InChI is InChI=1S/C12H14O2S/c1-2-6-12(14)15-9-11(13)10-7-4-3-5-8-10/h3-5,7-8H,2,6,9H2,1H3.